The van der Waals surface area contributed by atoms with Gasteiger partial charge >= 0.3 is 0 Å². The molecule has 0 aromatic heterocycles. The van der Waals surface area contributed by atoms with Gasteiger partial charge in [-0.05, 0) is 24.3 Å². The molecule has 0 saturated carbocycles. The summed E-state index contributed by atoms with van der Waals surface area (Å²) in [6.07, 6.45) is 1.85. The van der Waals surface area contributed by atoms with Gasteiger partial charge in [0.15, 0.2) is 0 Å². The number of benzene rings is 2. The lowest BCUT2D eigenvalue weighted by atomic mass is 10.2. The minimum Gasteiger partial charge on any atom is -0.497 e. The molecule has 6 heteroatoms. The Labute approximate surface area is 159 Å². The fraction of sp³-hybridized carbons (Fsp3) is 0.350. The van der Waals surface area contributed by atoms with E-state index in [2.05, 4.69) is 16.2 Å². The molecule has 5 nitrogen and oxygen atoms in total. The summed E-state index contributed by atoms with van der Waals surface area (Å²) in [7, 11) is 3.32. The Morgan fingerprint density at radius 3 is 2.58 bits per heavy atom. The van der Waals surface area contributed by atoms with Gasteiger partial charge < -0.3 is 14.4 Å². The third-order valence-electron chi connectivity index (χ3n) is 4.64. The van der Waals surface area contributed by atoms with Gasteiger partial charge in [-0.1, -0.05) is 29.8 Å². The quantitative estimate of drug-likeness (QED) is 0.787. The second-order valence-corrected chi connectivity index (χ2v) is 6.73. The highest BCUT2D eigenvalue weighted by molar-refractivity contribution is 6.31. The largest absolute Gasteiger partial charge is 0.497 e. The molecule has 1 saturated heterocycles. The number of hydrazone groups is 1. The number of quaternary nitrogens is 1. The van der Waals surface area contributed by atoms with E-state index in [9.17, 15) is 0 Å². The fourth-order valence-electron chi connectivity index (χ4n) is 3.10. The highest BCUT2D eigenvalue weighted by Gasteiger charge is 2.19. The Morgan fingerprint density at radius 1 is 1.12 bits per heavy atom. The molecular weight excluding hydrogens is 350 g/mol. The number of rotatable bonds is 6. The Morgan fingerprint density at radius 2 is 1.88 bits per heavy atom. The van der Waals surface area contributed by atoms with Crippen molar-refractivity contribution in [2.45, 2.75) is 6.54 Å². The van der Waals surface area contributed by atoms with Gasteiger partial charge in [0.1, 0.15) is 18.0 Å². The Kier molecular flexibility index (Phi) is 6.36. The molecule has 1 heterocycles. The Hall–Kier alpha value is -2.24. The van der Waals surface area contributed by atoms with E-state index in [0.717, 1.165) is 54.8 Å². The number of ether oxygens (including phenoxy) is 2. The zero-order chi connectivity index (χ0) is 18.4. The van der Waals surface area contributed by atoms with Crippen LogP contribution in [0, 0.1) is 0 Å². The number of hydrogen-bond acceptors (Lipinski definition) is 4. The van der Waals surface area contributed by atoms with E-state index in [0.29, 0.717) is 0 Å². The van der Waals surface area contributed by atoms with Crippen molar-refractivity contribution in [3.05, 3.63) is 58.6 Å². The summed E-state index contributed by atoms with van der Waals surface area (Å²) in [5, 5.41) is 7.59. The summed E-state index contributed by atoms with van der Waals surface area (Å²) in [6.45, 7) is 4.88. The molecule has 0 radical (unpaired) electrons. The Balaban J connectivity index is 1.57. The number of methoxy groups -OCH3 is 2. The molecule has 3 rings (SSSR count). The summed E-state index contributed by atoms with van der Waals surface area (Å²) in [5.74, 6) is 1.58. The van der Waals surface area contributed by atoms with Crippen molar-refractivity contribution in [1.82, 2.24) is 5.01 Å². The van der Waals surface area contributed by atoms with Crippen LogP contribution in [0.1, 0.15) is 11.1 Å². The first-order valence-corrected chi connectivity index (χ1v) is 9.15. The first-order chi connectivity index (χ1) is 12.7. The van der Waals surface area contributed by atoms with Gasteiger partial charge in [-0.25, -0.2) is 0 Å². The van der Waals surface area contributed by atoms with Crippen LogP contribution in [0.4, 0.5) is 0 Å². The predicted octanol–water partition coefficient (Wildman–Crippen LogP) is 2.09. The van der Waals surface area contributed by atoms with Crippen LogP contribution in [0.25, 0.3) is 0 Å². The zero-order valence-electron chi connectivity index (χ0n) is 15.2. The van der Waals surface area contributed by atoms with Crippen LogP contribution in [-0.2, 0) is 6.54 Å². The van der Waals surface area contributed by atoms with Crippen LogP contribution in [0.5, 0.6) is 11.5 Å². The second-order valence-electron chi connectivity index (χ2n) is 6.32. The maximum atomic E-state index is 6.27. The molecule has 1 aliphatic heterocycles. The SMILES string of the molecule is COc1ccc(OC)c(/C=N\N2CC[NH+](Cc3ccccc3Cl)CC2)c1. The average Bonchev–Trinajstić information content (AvgIpc) is 2.69. The third-order valence-corrected chi connectivity index (χ3v) is 5.01. The van der Waals surface area contributed by atoms with Crippen molar-refractivity contribution in [3.8, 4) is 11.5 Å². The lowest BCUT2D eigenvalue weighted by Gasteiger charge is -2.30. The molecule has 1 aliphatic rings. The van der Waals surface area contributed by atoms with Crippen molar-refractivity contribution in [2.75, 3.05) is 40.4 Å². The first-order valence-electron chi connectivity index (χ1n) is 8.77. The van der Waals surface area contributed by atoms with Crippen molar-refractivity contribution < 1.29 is 14.4 Å². The van der Waals surface area contributed by atoms with Gasteiger partial charge in [0.2, 0.25) is 0 Å². The molecule has 2 aromatic carbocycles. The van der Waals surface area contributed by atoms with Gasteiger partial charge in [-0.2, -0.15) is 5.10 Å². The van der Waals surface area contributed by atoms with E-state index >= 15 is 0 Å². The number of nitrogens with zero attached hydrogens (tertiary/aromatic N) is 2. The fourth-order valence-corrected chi connectivity index (χ4v) is 3.30. The highest BCUT2D eigenvalue weighted by atomic mass is 35.5. The molecule has 0 unspecified atom stereocenters. The van der Waals surface area contributed by atoms with Gasteiger partial charge in [-0.3, -0.25) is 5.01 Å². The average molecular weight is 375 g/mol. The molecule has 0 atom stereocenters. The van der Waals surface area contributed by atoms with Gasteiger partial charge in [-0.15, -0.1) is 0 Å². The predicted molar refractivity (Wildman–Crippen MR) is 105 cm³/mol. The molecule has 1 N–H and O–H groups in total. The molecule has 2 aromatic rings. The number of piperazine rings is 1. The van der Waals surface area contributed by atoms with Crippen LogP contribution >= 0.6 is 11.6 Å². The van der Waals surface area contributed by atoms with Crippen molar-refractivity contribution in [2.24, 2.45) is 5.10 Å². The summed E-state index contributed by atoms with van der Waals surface area (Å²) >= 11 is 6.27. The van der Waals surface area contributed by atoms with E-state index in [1.165, 1.54) is 10.5 Å². The minimum atomic E-state index is 0.789. The van der Waals surface area contributed by atoms with Crippen molar-refractivity contribution in [1.29, 1.82) is 0 Å². The second kappa shape index (κ2) is 8.92. The van der Waals surface area contributed by atoms with Crippen molar-refractivity contribution in [3.63, 3.8) is 0 Å². The number of hydrogen-bond donors (Lipinski definition) is 1. The molecule has 0 amide bonds. The summed E-state index contributed by atoms with van der Waals surface area (Å²) in [6, 6.07) is 13.8. The summed E-state index contributed by atoms with van der Waals surface area (Å²) < 4.78 is 10.7. The molecule has 0 bridgehead atoms. The number of halogens is 1. The van der Waals surface area contributed by atoms with Gasteiger partial charge in [0, 0.05) is 16.1 Å². The standard InChI is InChI=1S/C20H24ClN3O2/c1-25-18-7-8-20(26-2)17(13-18)14-22-24-11-9-23(10-12-24)15-16-5-3-4-6-19(16)21/h3-8,13-14H,9-12,15H2,1-2H3/p+1/b22-14-. The van der Waals surface area contributed by atoms with E-state index in [1.807, 2.05) is 42.6 Å². The molecular formula is C20H25ClN3O2+. The highest BCUT2D eigenvalue weighted by Crippen LogP contribution is 2.22. The maximum absolute atomic E-state index is 6.27. The lowest BCUT2D eigenvalue weighted by Crippen LogP contribution is -3.13. The Bertz CT molecular complexity index is 758. The topological polar surface area (TPSA) is 38.5 Å². The molecule has 0 aliphatic carbocycles. The molecule has 0 spiro atoms. The van der Waals surface area contributed by atoms with E-state index in [1.54, 1.807) is 14.2 Å². The summed E-state index contributed by atoms with van der Waals surface area (Å²) in [4.78, 5) is 1.53. The summed E-state index contributed by atoms with van der Waals surface area (Å²) in [5.41, 5.74) is 2.12. The zero-order valence-corrected chi connectivity index (χ0v) is 16.0. The van der Waals surface area contributed by atoms with E-state index in [-0.39, 0.29) is 0 Å². The lowest BCUT2D eigenvalue weighted by molar-refractivity contribution is -0.918. The van der Waals surface area contributed by atoms with Gasteiger partial charge in [0.25, 0.3) is 0 Å². The normalized spacial score (nSPS) is 15.4. The minimum absolute atomic E-state index is 0.789. The van der Waals surface area contributed by atoms with Crippen LogP contribution in [0.15, 0.2) is 47.6 Å². The van der Waals surface area contributed by atoms with Gasteiger partial charge in [0.05, 0.1) is 46.6 Å². The van der Waals surface area contributed by atoms with Crippen LogP contribution in [-0.4, -0.2) is 51.6 Å². The van der Waals surface area contributed by atoms with Crippen LogP contribution < -0.4 is 14.4 Å². The maximum Gasteiger partial charge on any atom is 0.127 e. The van der Waals surface area contributed by atoms with Crippen LogP contribution in [0.2, 0.25) is 5.02 Å². The first kappa shape index (κ1) is 18.5. The molecule has 26 heavy (non-hydrogen) atoms. The monoisotopic (exact) mass is 374 g/mol. The third kappa shape index (κ3) is 4.68. The smallest absolute Gasteiger partial charge is 0.127 e. The molecule has 1 fully saturated rings. The van der Waals surface area contributed by atoms with Crippen LogP contribution in [0.3, 0.4) is 0 Å². The van der Waals surface area contributed by atoms with Crippen molar-refractivity contribution >= 4 is 17.8 Å². The number of nitrogens with one attached hydrogen (secondary N) is 1. The van der Waals surface area contributed by atoms with E-state index < -0.39 is 0 Å². The van der Waals surface area contributed by atoms with E-state index in [4.69, 9.17) is 21.1 Å². The molecule has 138 valence electrons.